The van der Waals surface area contributed by atoms with Crippen molar-refractivity contribution in [2.24, 2.45) is 5.92 Å². The number of aliphatic hydroxyl groups is 1. The smallest absolute Gasteiger partial charge is 0.321 e. The van der Waals surface area contributed by atoms with Crippen LogP contribution < -0.4 is 5.32 Å². The summed E-state index contributed by atoms with van der Waals surface area (Å²) >= 11 is 0. The van der Waals surface area contributed by atoms with Crippen LogP contribution in [0.15, 0.2) is 18.2 Å². The molecular formula is C14H18F2N2O2. The molecule has 4 nitrogen and oxygen atoms in total. The van der Waals surface area contributed by atoms with Gasteiger partial charge in [0, 0.05) is 25.1 Å². The van der Waals surface area contributed by atoms with E-state index in [1.54, 1.807) is 4.90 Å². The van der Waals surface area contributed by atoms with Crippen LogP contribution in [0.3, 0.4) is 0 Å². The van der Waals surface area contributed by atoms with Crippen molar-refractivity contribution < 1.29 is 18.7 Å². The second-order valence-corrected chi connectivity index (χ2v) is 5.02. The summed E-state index contributed by atoms with van der Waals surface area (Å²) in [7, 11) is 0. The lowest BCUT2D eigenvalue weighted by Crippen LogP contribution is -2.47. The molecule has 1 aromatic rings. The number of carbonyl (C=O) groups is 1. The molecule has 1 aromatic carbocycles. The molecule has 110 valence electrons. The van der Waals surface area contributed by atoms with Crippen LogP contribution in [-0.2, 0) is 0 Å². The van der Waals surface area contributed by atoms with Crippen molar-refractivity contribution in [3.8, 4) is 0 Å². The first kappa shape index (κ1) is 14.7. The average Bonchev–Trinajstić information content (AvgIpc) is 2.42. The van der Waals surface area contributed by atoms with Crippen LogP contribution in [-0.4, -0.2) is 35.2 Å². The van der Waals surface area contributed by atoms with Gasteiger partial charge in [-0.05, 0) is 25.0 Å². The van der Waals surface area contributed by atoms with Gasteiger partial charge in [0.2, 0.25) is 0 Å². The predicted molar refractivity (Wildman–Crippen MR) is 71.4 cm³/mol. The SMILES string of the molecule is CCC1CN(C(=O)Nc2ccc(F)cc2F)CCC1O. The molecule has 1 fully saturated rings. The number of anilines is 1. The fraction of sp³-hybridized carbons (Fsp3) is 0.500. The second-order valence-electron chi connectivity index (χ2n) is 5.02. The summed E-state index contributed by atoms with van der Waals surface area (Å²) in [6.45, 7) is 2.81. The van der Waals surface area contributed by atoms with E-state index in [9.17, 15) is 18.7 Å². The van der Waals surface area contributed by atoms with E-state index in [1.165, 1.54) is 6.07 Å². The van der Waals surface area contributed by atoms with Gasteiger partial charge in [-0.3, -0.25) is 0 Å². The molecule has 1 aliphatic rings. The largest absolute Gasteiger partial charge is 0.393 e. The van der Waals surface area contributed by atoms with Crippen LogP contribution in [0.25, 0.3) is 0 Å². The third-order valence-corrected chi connectivity index (χ3v) is 3.68. The first-order chi connectivity index (χ1) is 9.51. The Morgan fingerprint density at radius 1 is 1.50 bits per heavy atom. The number of halogens is 2. The summed E-state index contributed by atoms with van der Waals surface area (Å²) in [5.41, 5.74) is -0.0458. The minimum Gasteiger partial charge on any atom is -0.393 e. The average molecular weight is 284 g/mol. The molecule has 2 amide bonds. The molecule has 2 N–H and O–H groups in total. The van der Waals surface area contributed by atoms with Crippen LogP contribution >= 0.6 is 0 Å². The molecule has 6 heteroatoms. The van der Waals surface area contributed by atoms with E-state index in [4.69, 9.17) is 0 Å². The van der Waals surface area contributed by atoms with Crippen molar-refractivity contribution in [2.45, 2.75) is 25.9 Å². The van der Waals surface area contributed by atoms with Gasteiger partial charge in [-0.2, -0.15) is 0 Å². The Balaban J connectivity index is 2.01. The summed E-state index contributed by atoms with van der Waals surface area (Å²) in [5.74, 6) is -1.46. The lowest BCUT2D eigenvalue weighted by Gasteiger charge is -2.35. The Bertz CT molecular complexity index is 496. The summed E-state index contributed by atoms with van der Waals surface area (Å²) in [5, 5.41) is 12.2. The van der Waals surface area contributed by atoms with Gasteiger partial charge >= 0.3 is 6.03 Å². The quantitative estimate of drug-likeness (QED) is 0.877. The highest BCUT2D eigenvalue weighted by molar-refractivity contribution is 5.89. The number of benzene rings is 1. The normalized spacial score (nSPS) is 22.7. The summed E-state index contributed by atoms with van der Waals surface area (Å²) in [4.78, 5) is 13.6. The number of hydrogen-bond donors (Lipinski definition) is 2. The maximum absolute atomic E-state index is 13.5. The molecule has 0 aliphatic carbocycles. The maximum Gasteiger partial charge on any atom is 0.321 e. The van der Waals surface area contributed by atoms with Gasteiger partial charge in [-0.15, -0.1) is 0 Å². The third kappa shape index (κ3) is 3.25. The number of amides is 2. The summed E-state index contributed by atoms with van der Waals surface area (Å²) in [6, 6.07) is 2.58. The molecule has 0 radical (unpaired) electrons. The van der Waals surface area contributed by atoms with Crippen molar-refractivity contribution in [1.82, 2.24) is 4.90 Å². The topological polar surface area (TPSA) is 52.6 Å². The highest BCUT2D eigenvalue weighted by Crippen LogP contribution is 2.21. The number of urea groups is 1. The Morgan fingerprint density at radius 2 is 2.25 bits per heavy atom. The highest BCUT2D eigenvalue weighted by atomic mass is 19.1. The Labute approximate surface area is 116 Å². The zero-order valence-electron chi connectivity index (χ0n) is 11.3. The van der Waals surface area contributed by atoms with Gasteiger partial charge in [0.25, 0.3) is 0 Å². The molecule has 2 rings (SSSR count). The van der Waals surface area contributed by atoms with Crippen molar-refractivity contribution in [3.63, 3.8) is 0 Å². The third-order valence-electron chi connectivity index (χ3n) is 3.68. The van der Waals surface area contributed by atoms with E-state index in [0.29, 0.717) is 19.5 Å². The number of hydrogen-bond acceptors (Lipinski definition) is 2. The Hall–Kier alpha value is -1.69. The molecule has 0 saturated carbocycles. The lowest BCUT2D eigenvalue weighted by molar-refractivity contribution is 0.0405. The fourth-order valence-corrected chi connectivity index (χ4v) is 2.39. The van der Waals surface area contributed by atoms with Crippen LogP contribution in [0.2, 0.25) is 0 Å². The number of likely N-dealkylation sites (tertiary alicyclic amines) is 1. The van der Waals surface area contributed by atoms with E-state index in [0.717, 1.165) is 18.6 Å². The van der Waals surface area contributed by atoms with Gasteiger partial charge in [0.15, 0.2) is 0 Å². The zero-order valence-corrected chi connectivity index (χ0v) is 11.3. The Kier molecular flexibility index (Phi) is 4.54. The minimum absolute atomic E-state index is 0.0348. The van der Waals surface area contributed by atoms with E-state index in [-0.39, 0.29) is 11.6 Å². The molecule has 0 aromatic heterocycles. The zero-order chi connectivity index (χ0) is 14.7. The first-order valence-corrected chi connectivity index (χ1v) is 6.70. The van der Waals surface area contributed by atoms with Crippen LogP contribution in [0.4, 0.5) is 19.3 Å². The molecule has 0 bridgehead atoms. The van der Waals surface area contributed by atoms with Gasteiger partial charge in [-0.1, -0.05) is 6.92 Å². The molecule has 1 aliphatic heterocycles. The van der Waals surface area contributed by atoms with Gasteiger partial charge in [-0.25, -0.2) is 13.6 Å². The van der Waals surface area contributed by atoms with Gasteiger partial charge in [0.1, 0.15) is 11.6 Å². The highest BCUT2D eigenvalue weighted by Gasteiger charge is 2.29. The fourth-order valence-electron chi connectivity index (χ4n) is 2.39. The number of rotatable bonds is 2. The summed E-state index contributed by atoms with van der Waals surface area (Å²) in [6.07, 6.45) is 0.889. The van der Waals surface area contributed by atoms with Crippen LogP contribution in [0, 0.1) is 17.6 Å². The summed E-state index contributed by atoms with van der Waals surface area (Å²) < 4.78 is 26.3. The number of carbonyl (C=O) groups excluding carboxylic acids is 1. The van der Waals surface area contributed by atoms with E-state index in [1.807, 2.05) is 6.92 Å². The van der Waals surface area contributed by atoms with Gasteiger partial charge in [0.05, 0.1) is 11.8 Å². The Morgan fingerprint density at radius 3 is 2.90 bits per heavy atom. The second kappa shape index (κ2) is 6.17. The minimum atomic E-state index is -0.803. The standard InChI is InChI=1S/C14H18F2N2O2/c1-2-9-8-18(6-5-13(9)19)14(20)17-12-4-3-10(15)7-11(12)16/h3-4,7,9,13,19H,2,5-6,8H2,1H3,(H,17,20). The molecule has 0 spiro atoms. The first-order valence-electron chi connectivity index (χ1n) is 6.70. The molecule has 20 heavy (non-hydrogen) atoms. The maximum atomic E-state index is 13.5. The van der Waals surface area contributed by atoms with E-state index in [2.05, 4.69) is 5.32 Å². The monoisotopic (exact) mass is 284 g/mol. The molecule has 1 heterocycles. The van der Waals surface area contributed by atoms with Crippen molar-refractivity contribution in [3.05, 3.63) is 29.8 Å². The number of piperidine rings is 1. The molecular weight excluding hydrogens is 266 g/mol. The van der Waals surface area contributed by atoms with Crippen molar-refractivity contribution >= 4 is 11.7 Å². The van der Waals surface area contributed by atoms with Gasteiger partial charge < -0.3 is 15.3 Å². The molecule has 2 atom stereocenters. The number of nitrogens with one attached hydrogen (secondary N) is 1. The number of nitrogens with zero attached hydrogens (tertiary/aromatic N) is 1. The van der Waals surface area contributed by atoms with Crippen molar-refractivity contribution in [2.75, 3.05) is 18.4 Å². The molecule has 2 unspecified atom stereocenters. The van der Waals surface area contributed by atoms with Crippen LogP contribution in [0.5, 0.6) is 0 Å². The predicted octanol–water partition coefficient (Wildman–Crippen LogP) is 2.59. The lowest BCUT2D eigenvalue weighted by atomic mass is 9.93. The molecule has 1 saturated heterocycles. The van der Waals surface area contributed by atoms with E-state index < -0.39 is 23.8 Å². The van der Waals surface area contributed by atoms with Crippen molar-refractivity contribution in [1.29, 1.82) is 0 Å². The number of aliphatic hydroxyl groups excluding tert-OH is 1. The van der Waals surface area contributed by atoms with Crippen LogP contribution in [0.1, 0.15) is 19.8 Å². The van der Waals surface area contributed by atoms with E-state index >= 15 is 0 Å².